The second kappa shape index (κ2) is 4.75. The summed E-state index contributed by atoms with van der Waals surface area (Å²) in [4.78, 5) is 0. The first-order valence-corrected chi connectivity index (χ1v) is 5.12. The maximum absolute atomic E-state index is 13.6. The Morgan fingerprint density at radius 3 is 2.71 bits per heavy atom. The molecule has 0 saturated carbocycles. The Kier molecular flexibility index (Phi) is 3.89. The fourth-order valence-electron chi connectivity index (χ4n) is 1.45. The zero-order valence-corrected chi connectivity index (χ0v) is 9.82. The van der Waals surface area contributed by atoms with Gasteiger partial charge in [-0.15, -0.1) is 0 Å². The first-order valence-electron chi connectivity index (χ1n) is 4.33. The number of aryl methyl sites for hydroxylation is 1. The molecule has 1 aromatic rings. The van der Waals surface area contributed by atoms with Crippen LogP contribution in [0.15, 0.2) is 10.5 Å². The number of benzene rings is 1. The van der Waals surface area contributed by atoms with E-state index in [0.717, 1.165) is 5.56 Å². The Bertz CT molecular complexity index is 341. The maximum atomic E-state index is 13.6. The molecule has 4 heteroatoms. The summed E-state index contributed by atoms with van der Waals surface area (Å²) in [6.07, 6.45) is 0.481. The molecule has 0 saturated heterocycles. The van der Waals surface area contributed by atoms with Gasteiger partial charge in [-0.2, -0.15) is 0 Å². The maximum Gasteiger partial charge on any atom is 0.144 e. The van der Waals surface area contributed by atoms with Crippen molar-refractivity contribution in [2.75, 3.05) is 13.7 Å². The van der Waals surface area contributed by atoms with Crippen LogP contribution in [0.1, 0.15) is 11.1 Å². The van der Waals surface area contributed by atoms with Gasteiger partial charge in [-0.1, -0.05) is 0 Å². The number of ether oxygens (including phenoxy) is 1. The predicted molar refractivity (Wildman–Crippen MR) is 58.1 cm³/mol. The van der Waals surface area contributed by atoms with Gasteiger partial charge in [0.25, 0.3) is 0 Å². The van der Waals surface area contributed by atoms with Gasteiger partial charge in [-0.25, -0.2) is 4.39 Å². The molecular formula is C10H13BrFNO. The Balaban J connectivity index is 3.32. The lowest BCUT2D eigenvalue weighted by Crippen LogP contribution is -2.07. The van der Waals surface area contributed by atoms with Gasteiger partial charge < -0.3 is 10.5 Å². The molecule has 1 aromatic carbocycles. The van der Waals surface area contributed by atoms with Crippen molar-refractivity contribution in [3.05, 3.63) is 27.5 Å². The summed E-state index contributed by atoms with van der Waals surface area (Å²) in [6.45, 7) is 2.28. The van der Waals surface area contributed by atoms with Crippen LogP contribution in [-0.2, 0) is 6.42 Å². The minimum absolute atomic E-state index is 0.280. The van der Waals surface area contributed by atoms with Gasteiger partial charge >= 0.3 is 0 Å². The molecule has 0 amide bonds. The molecule has 0 unspecified atom stereocenters. The lowest BCUT2D eigenvalue weighted by molar-refractivity contribution is 0.401. The van der Waals surface area contributed by atoms with Gasteiger partial charge in [0.15, 0.2) is 0 Å². The van der Waals surface area contributed by atoms with Crippen molar-refractivity contribution in [2.45, 2.75) is 13.3 Å². The number of halogens is 2. The second-order valence-electron chi connectivity index (χ2n) is 3.04. The average molecular weight is 262 g/mol. The minimum Gasteiger partial charge on any atom is -0.496 e. The number of rotatable bonds is 3. The van der Waals surface area contributed by atoms with Crippen molar-refractivity contribution in [1.29, 1.82) is 0 Å². The Labute approximate surface area is 91.4 Å². The number of hydrogen-bond acceptors (Lipinski definition) is 2. The van der Waals surface area contributed by atoms with Crippen LogP contribution < -0.4 is 10.5 Å². The lowest BCUT2D eigenvalue weighted by atomic mass is 10.1. The van der Waals surface area contributed by atoms with Crippen LogP contribution in [0.5, 0.6) is 5.75 Å². The highest BCUT2D eigenvalue weighted by Crippen LogP contribution is 2.31. The summed E-state index contributed by atoms with van der Waals surface area (Å²) < 4.78 is 19.2. The van der Waals surface area contributed by atoms with Crippen LogP contribution in [-0.4, -0.2) is 13.7 Å². The van der Waals surface area contributed by atoms with Crippen LogP contribution in [0.4, 0.5) is 4.39 Å². The van der Waals surface area contributed by atoms with E-state index in [9.17, 15) is 4.39 Å². The topological polar surface area (TPSA) is 35.2 Å². The Morgan fingerprint density at radius 1 is 1.57 bits per heavy atom. The van der Waals surface area contributed by atoms with E-state index in [2.05, 4.69) is 15.9 Å². The van der Waals surface area contributed by atoms with E-state index in [4.69, 9.17) is 10.5 Å². The van der Waals surface area contributed by atoms with Gasteiger partial charge in [0.2, 0.25) is 0 Å². The number of hydrogen-bond donors (Lipinski definition) is 1. The molecule has 78 valence electrons. The van der Waals surface area contributed by atoms with E-state index in [1.54, 1.807) is 6.07 Å². The van der Waals surface area contributed by atoms with Crippen LogP contribution in [0.2, 0.25) is 0 Å². The van der Waals surface area contributed by atoms with Crippen LogP contribution in [0.25, 0.3) is 0 Å². The van der Waals surface area contributed by atoms with Crippen LogP contribution in [0, 0.1) is 12.7 Å². The second-order valence-corrected chi connectivity index (χ2v) is 3.89. The lowest BCUT2D eigenvalue weighted by Gasteiger charge is -2.12. The molecule has 0 radical (unpaired) electrons. The molecule has 0 heterocycles. The first-order chi connectivity index (χ1) is 6.61. The van der Waals surface area contributed by atoms with Gasteiger partial charge in [0.1, 0.15) is 11.6 Å². The molecule has 2 nitrogen and oxygen atoms in total. The SMILES string of the molecule is COc1c(C)cc(Br)c(F)c1CCN. The molecule has 0 fully saturated rings. The summed E-state index contributed by atoms with van der Waals surface area (Å²) in [5, 5.41) is 0. The third-order valence-electron chi connectivity index (χ3n) is 2.05. The summed E-state index contributed by atoms with van der Waals surface area (Å²) in [6, 6.07) is 1.70. The minimum atomic E-state index is -0.280. The number of methoxy groups -OCH3 is 1. The van der Waals surface area contributed by atoms with Crippen LogP contribution >= 0.6 is 15.9 Å². The van der Waals surface area contributed by atoms with Crippen molar-refractivity contribution < 1.29 is 9.13 Å². The van der Waals surface area contributed by atoms with Crippen molar-refractivity contribution in [1.82, 2.24) is 0 Å². The molecule has 1 rings (SSSR count). The zero-order chi connectivity index (χ0) is 10.7. The van der Waals surface area contributed by atoms with E-state index < -0.39 is 0 Å². The third kappa shape index (κ3) is 2.07. The van der Waals surface area contributed by atoms with Gasteiger partial charge in [0.05, 0.1) is 11.6 Å². The summed E-state index contributed by atoms with van der Waals surface area (Å²) in [7, 11) is 1.54. The molecule has 2 N–H and O–H groups in total. The molecular weight excluding hydrogens is 249 g/mol. The van der Waals surface area contributed by atoms with E-state index in [0.29, 0.717) is 28.8 Å². The smallest absolute Gasteiger partial charge is 0.144 e. The molecule has 0 spiro atoms. The Morgan fingerprint density at radius 2 is 2.21 bits per heavy atom. The monoisotopic (exact) mass is 261 g/mol. The highest BCUT2D eigenvalue weighted by atomic mass is 79.9. The van der Waals surface area contributed by atoms with E-state index in [1.165, 1.54) is 7.11 Å². The first kappa shape index (κ1) is 11.5. The van der Waals surface area contributed by atoms with Gasteiger partial charge in [-0.05, 0) is 47.4 Å². The largest absolute Gasteiger partial charge is 0.496 e. The Hall–Kier alpha value is -0.610. The molecule has 0 aromatic heterocycles. The molecule has 0 aliphatic carbocycles. The highest BCUT2D eigenvalue weighted by Gasteiger charge is 2.14. The quantitative estimate of drug-likeness (QED) is 0.907. The highest BCUT2D eigenvalue weighted by molar-refractivity contribution is 9.10. The molecule has 0 bridgehead atoms. The van der Waals surface area contributed by atoms with E-state index in [1.807, 2.05) is 6.92 Å². The molecule has 0 aliphatic rings. The van der Waals surface area contributed by atoms with Crippen molar-refractivity contribution in [3.8, 4) is 5.75 Å². The van der Waals surface area contributed by atoms with E-state index in [-0.39, 0.29) is 5.82 Å². The molecule has 14 heavy (non-hydrogen) atoms. The number of nitrogens with two attached hydrogens (primary N) is 1. The molecule has 0 aliphatic heterocycles. The standard InChI is InChI=1S/C10H13BrFNO/c1-6-5-8(11)9(12)7(3-4-13)10(6)14-2/h5H,3-4,13H2,1-2H3. The summed E-state index contributed by atoms with van der Waals surface area (Å²) in [5.74, 6) is 0.314. The third-order valence-corrected chi connectivity index (χ3v) is 2.63. The fourth-order valence-corrected chi connectivity index (χ4v) is 2.04. The van der Waals surface area contributed by atoms with Gasteiger partial charge in [0, 0.05) is 5.56 Å². The normalized spacial score (nSPS) is 10.4. The zero-order valence-electron chi connectivity index (χ0n) is 8.23. The van der Waals surface area contributed by atoms with Crippen LogP contribution in [0.3, 0.4) is 0 Å². The average Bonchev–Trinajstić information content (AvgIpc) is 2.14. The summed E-state index contributed by atoms with van der Waals surface area (Å²) >= 11 is 3.16. The summed E-state index contributed by atoms with van der Waals surface area (Å²) in [5.41, 5.74) is 6.87. The van der Waals surface area contributed by atoms with E-state index >= 15 is 0 Å². The predicted octanol–water partition coefficient (Wildman–Crippen LogP) is 2.41. The fraction of sp³-hybridized carbons (Fsp3) is 0.400. The van der Waals surface area contributed by atoms with Crippen molar-refractivity contribution in [2.24, 2.45) is 5.73 Å². The molecule has 0 atom stereocenters. The van der Waals surface area contributed by atoms with Crippen molar-refractivity contribution in [3.63, 3.8) is 0 Å². The van der Waals surface area contributed by atoms with Crippen molar-refractivity contribution >= 4 is 15.9 Å². The van der Waals surface area contributed by atoms with Gasteiger partial charge in [-0.3, -0.25) is 0 Å².